The van der Waals surface area contributed by atoms with Crippen LogP contribution >= 0.6 is 0 Å². The number of carbonyl (C=O) groups excluding carboxylic acids is 2. The number of benzene rings is 2. The maximum atomic E-state index is 12.3. The molecule has 0 unspecified atom stereocenters. The number of anilines is 1. The van der Waals surface area contributed by atoms with Crippen molar-refractivity contribution in [3.8, 4) is 22.7 Å². The fourth-order valence-electron chi connectivity index (χ4n) is 3.13. The zero-order valence-corrected chi connectivity index (χ0v) is 18.1. The van der Waals surface area contributed by atoms with Gasteiger partial charge in [-0.1, -0.05) is 25.5 Å². The predicted molar refractivity (Wildman–Crippen MR) is 120 cm³/mol. The van der Waals surface area contributed by atoms with E-state index < -0.39 is 5.97 Å². The minimum absolute atomic E-state index is 0.0186. The lowest BCUT2D eigenvalue weighted by Gasteiger charge is -2.10. The average molecular weight is 421 g/mol. The van der Waals surface area contributed by atoms with Crippen LogP contribution in [0.4, 0.5) is 5.69 Å². The zero-order valence-electron chi connectivity index (χ0n) is 18.1. The van der Waals surface area contributed by atoms with Gasteiger partial charge in [0.2, 0.25) is 5.91 Å². The molecule has 1 amide bonds. The topological polar surface area (TPSA) is 82.5 Å². The first-order valence-corrected chi connectivity index (χ1v) is 10.4. The molecule has 2 aromatic carbocycles. The number of nitrogens with one attached hydrogen (secondary N) is 1. The molecule has 1 N–H and O–H groups in total. The van der Waals surface area contributed by atoms with E-state index >= 15 is 0 Å². The van der Waals surface area contributed by atoms with Gasteiger partial charge in [0.1, 0.15) is 5.75 Å². The zero-order chi connectivity index (χ0) is 22.2. The maximum Gasteiger partial charge on any atom is 0.358 e. The summed E-state index contributed by atoms with van der Waals surface area (Å²) in [5.74, 6) is 0.217. The lowest BCUT2D eigenvalue weighted by molar-refractivity contribution is -0.116. The molecule has 0 spiro atoms. The molecule has 7 heteroatoms. The minimum Gasteiger partial charge on any atom is -0.497 e. The van der Waals surface area contributed by atoms with Crippen LogP contribution in [0.5, 0.6) is 5.75 Å². The van der Waals surface area contributed by atoms with Crippen LogP contribution < -0.4 is 10.1 Å². The fourth-order valence-corrected chi connectivity index (χ4v) is 3.13. The van der Waals surface area contributed by atoms with Crippen molar-refractivity contribution in [1.82, 2.24) is 9.78 Å². The van der Waals surface area contributed by atoms with Crippen molar-refractivity contribution < 1.29 is 19.1 Å². The third-order valence-corrected chi connectivity index (χ3v) is 4.71. The molecule has 0 aliphatic rings. The van der Waals surface area contributed by atoms with Gasteiger partial charge in [0.25, 0.3) is 0 Å². The van der Waals surface area contributed by atoms with Gasteiger partial charge in [-0.25, -0.2) is 9.48 Å². The SMILES string of the molecule is CCCCC(=O)Nc1cccc(-c2cc(C(=O)OCC)nn2-c2ccc(OC)cc2)c1. The summed E-state index contributed by atoms with van der Waals surface area (Å²) in [5, 5.41) is 7.41. The maximum absolute atomic E-state index is 12.3. The van der Waals surface area contributed by atoms with E-state index in [1.807, 2.05) is 48.5 Å². The molecule has 31 heavy (non-hydrogen) atoms. The van der Waals surface area contributed by atoms with E-state index in [0.29, 0.717) is 17.8 Å². The number of methoxy groups -OCH3 is 1. The molecule has 0 radical (unpaired) electrons. The standard InChI is InChI=1S/C24H27N3O4/c1-4-6-10-23(28)25-18-9-7-8-17(15-18)22-16-21(24(29)31-5-2)26-27(22)19-11-13-20(30-3)14-12-19/h7-9,11-16H,4-6,10H2,1-3H3,(H,25,28). The average Bonchev–Trinajstić information content (AvgIpc) is 3.24. The Bertz CT molecular complexity index is 1040. The number of ether oxygens (including phenoxy) is 2. The first-order valence-electron chi connectivity index (χ1n) is 10.4. The summed E-state index contributed by atoms with van der Waals surface area (Å²) >= 11 is 0. The lowest BCUT2D eigenvalue weighted by atomic mass is 10.1. The van der Waals surface area contributed by atoms with Crippen LogP contribution in [0.25, 0.3) is 16.9 Å². The summed E-state index contributed by atoms with van der Waals surface area (Å²) in [6.45, 7) is 4.07. The molecule has 0 saturated carbocycles. The Hall–Kier alpha value is -3.61. The van der Waals surface area contributed by atoms with Crippen molar-refractivity contribution in [2.45, 2.75) is 33.1 Å². The summed E-state index contributed by atoms with van der Waals surface area (Å²) in [7, 11) is 1.60. The highest BCUT2D eigenvalue weighted by atomic mass is 16.5. The van der Waals surface area contributed by atoms with E-state index in [4.69, 9.17) is 9.47 Å². The number of hydrogen-bond acceptors (Lipinski definition) is 5. The van der Waals surface area contributed by atoms with Crippen LogP contribution in [0.15, 0.2) is 54.6 Å². The molecule has 1 aromatic heterocycles. The smallest absolute Gasteiger partial charge is 0.358 e. The van der Waals surface area contributed by atoms with Crippen LogP contribution in [0, 0.1) is 0 Å². The number of hydrogen-bond donors (Lipinski definition) is 1. The number of esters is 1. The van der Waals surface area contributed by atoms with Gasteiger partial charge in [0, 0.05) is 17.7 Å². The van der Waals surface area contributed by atoms with Crippen molar-refractivity contribution in [3.63, 3.8) is 0 Å². The predicted octanol–water partition coefficient (Wildman–Crippen LogP) is 4.85. The second kappa shape index (κ2) is 10.4. The van der Waals surface area contributed by atoms with Crippen molar-refractivity contribution in [3.05, 3.63) is 60.3 Å². The molecule has 7 nitrogen and oxygen atoms in total. The van der Waals surface area contributed by atoms with E-state index in [9.17, 15) is 9.59 Å². The lowest BCUT2D eigenvalue weighted by Crippen LogP contribution is -2.11. The number of carbonyl (C=O) groups is 2. The number of amides is 1. The molecule has 1 heterocycles. The third kappa shape index (κ3) is 5.51. The van der Waals surface area contributed by atoms with Gasteiger partial charge < -0.3 is 14.8 Å². The molecule has 0 fully saturated rings. The highest BCUT2D eigenvalue weighted by Crippen LogP contribution is 2.27. The van der Waals surface area contributed by atoms with Gasteiger partial charge in [0.05, 0.1) is 25.1 Å². The van der Waals surface area contributed by atoms with Gasteiger partial charge >= 0.3 is 5.97 Å². The van der Waals surface area contributed by atoms with E-state index in [2.05, 4.69) is 17.3 Å². The van der Waals surface area contributed by atoms with Gasteiger partial charge in [-0.2, -0.15) is 5.10 Å². The number of nitrogens with zero attached hydrogens (tertiary/aromatic N) is 2. The molecular weight excluding hydrogens is 394 g/mol. The van der Waals surface area contributed by atoms with Gasteiger partial charge in [-0.05, 0) is 55.8 Å². The van der Waals surface area contributed by atoms with Crippen LogP contribution in [-0.4, -0.2) is 35.4 Å². The Morgan fingerprint density at radius 1 is 1.06 bits per heavy atom. The monoisotopic (exact) mass is 421 g/mol. The molecule has 3 rings (SSSR count). The minimum atomic E-state index is -0.486. The van der Waals surface area contributed by atoms with Gasteiger partial charge in [-0.15, -0.1) is 0 Å². The van der Waals surface area contributed by atoms with Crippen molar-refractivity contribution in [2.75, 3.05) is 19.0 Å². The molecule has 162 valence electrons. The third-order valence-electron chi connectivity index (χ3n) is 4.71. The van der Waals surface area contributed by atoms with Gasteiger partial charge in [0.15, 0.2) is 5.69 Å². The molecule has 0 atom stereocenters. The first-order chi connectivity index (χ1) is 15.0. The first kappa shape index (κ1) is 22.1. The van der Waals surface area contributed by atoms with Crippen molar-refractivity contribution in [2.24, 2.45) is 0 Å². The quantitative estimate of drug-likeness (QED) is 0.499. The van der Waals surface area contributed by atoms with Crippen molar-refractivity contribution >= 4 is 17.6 Å². The summed E-state index contributed by atoms with van der Waals surface area (Å²) < 4.78 is 12.0. The van der Waals surface area contributed by atoms with Crippen LogP contribution in [0.1, 0.15) is 43.6 Å². The Morgan fingerprint density at radius 2 is 1.84 bits per heavy atom. The highest BCUT2D eigenvalue weighted by molar-refractivity contribution is 5.92. The summed E-state index contributed by atoms with van der Waals surface area (Å²) in [6.07, 6.45) is 2.29. The number of unbranched alkanes of at least 4 members (excludes halogenated alkanes) is 1. The Labute approximate surface area is 182 Å². The number of rotatable bonds is 9. The molecule has 3 aromatic rings. The number of aromatic nitrogens is 2. The van der Waals surface area contributed by atoms with E-state index in [0.717, 1.165) is 29.8 Å². The Morgan fingerprint density at radius 3 is 2.52 bits per heavy atom. The van der Waals surface area contributed by atoms with Gasteiger partial charge in [-0.3, -0.25) is 4.79 Å². The van der Waals surface area contributed by atoms with E-state index in [1.54, 1.807) is 24.8 Å². The molecule has 0 saturated heterocycles. The summed E-state index contributed by atoms with van der Waals surface area (Å²) in [6, 6.07) is 16.6. The highest BCUT2D eigenvalue weighted by Gasteiger charge is 2.18. The fraction of sp³-hybridized carbons (Fsp3) is 0.292. The molecule has 0 bridgehead atoms. The van der Waals surface area contributed by atoms with E-state index in [1.165, 1.54) is 0 Å². The second-order valence-electron chi connectivity index (χ2n) is 6.98. The molecule has 0 aliphatic carbocycles. The normalized spacial score (nSPS) is 10.5. The Balaban J connectivity index is 1.99. The summed E-state index contributed by atoms with van der Waals surface area (Å²) in [4.78, 5) is 24.4. The molecular formula is C24H27N3O4. The van der Waals surface area contributed by atoms with Crippen LogP contribution in [0.3, 0.4) is 0 Å². The van der Waals surface area contributed by atoms with E-state index in [-0.39, 0.29) is 18.2 Å². The molecule has 0 aliphatic heterocycles. The Kier molecular flexibility index (Phi) is 7.43. The second-order valence-corrected chi connectivity index (χ2v) is 6.98. The largest absolute Gasteiger partial charge is 0.497 e. The van der Waals surface area contributed by atoms with Crippen LogP contribution in [-0.2, 0) is 9.53 Å². The van der Waals surface area contributed by atoms with Crippen molar-refractivity contribution in [1.29, 1.82) is 0 Å². The van der Waals surface area contributed by atoms with Crippen LogP contribution in [0.2, 0.25) is 0 Å². The summed E-state index contributed by atoms with van der Waals surface area (Å²) in [5.41, 5.74) is 3.19.